The molecule has 1 fully saturated rings. The van der Waals surface area contributed by atoms with Gasteiger partial charge in [0.15, 0.2) is 0 Å². The van der Waals surface area contributed by atoms with Gasteiger partial charge >= 0.3 is 5.97 Å². The molecule has 3 heteroatoms. The van der Waals surface area contributed by atoms with E-state index in [0.717, 1.165) is 25.8 Å². The smallest absolute Gasteiger partial charge is 0.323 e. The summed E-state index contributed by atoms with van der Waals surface area (Å²) < 4.78 is 5.43. The van der Waals surface area contributed by atoms with E-state index in [-0.39, 0.29) is 12.0 Å². The lowest BCUT2D eigenvalue weighted by atomic mass is 10.0. The lowest BCUT2D eigenvalue weighted by Crippen LogP contribution is -2.41. The van der Waals surface area contributed by atoms with Crippen LogP contribution in [0.3, 0.4) is 0 Å². The van der Waals surface area contributed by atoms with Crippen molar-refractivity contribution in [1.82, 2.24) is 5.32 Å². The summed E-state index contributed by atoms with van der Waals surface area (Å²) in [5, 5.41) is 3.23. The van der Waals surface area contributed by atoms with Gasteiger partial charge in [-0.15, -0.1) is 0 Å². The number of ether oxygens (including phenoxy) is 1. The number of esters is 1. The van der Waals surface area contributed by atoms with Crippen LogP contribution in [0.2, 0.25) is 0 Å². The molecule has 0 aromatic carbocycles. The molecular formula is C14H27NO2. The van der Waals surface area contributed by atoms with Gasteiger partial charge in [-0.05, 0) is 31.7 Å². The third kappa shape index (κ3) is 5.53. The summed E-state index contributed by atoms with van der Waals surface area (Å²) in [5.74, 6) is 0.502. The Morgan fingerprint density at radius 2 is 2.24 bits per heavy atom. The van der Waals surface area contributed by atoms with E-state index in [1.54, 1.807) is 0 Å². The van der Waals surface area contributed by atoms with Crippen LogP contribution in [0.5, 0.6) is 0 Å². The number of hydrogen-bond donors (Lipinski definition) is 1. The van der Waals surface area contributed by atoms with Crippen LogP contribution in [-0.4, -0.2) is 25.2 Å². The quantitative estimate of drug-likeness (QED) is 0.697. The number of carbonyl (C=O) groups excluding carboxylic acids is 1. The van der Waals surface area contributed by atoms with Crippen molar-refractivity contribution >= 4 is 5.97 Å². The molecule has 1 heterocycles. The van der Waals surface area contributed by atoms with E-state index >= 15 is 0 Å². The average molecular weight is 241 g/mol. The Hall–Kier alpha value is -0.570. The van der Waals surface area contributed by atoms with Crippen molar-refractivity contribution in [3.8, 4) is 0 Å². The van der Waals surface area contributed by atoms with Crippen molar-refractivity contribution in [3.63, 3.8) is 0 Å². The predicted molar refractivity (Wildman–Crippen MR) is 69.9 cm³/mol. The van der Waals surface area contributed by atoms with Crippen molar-refractivity contribution in [3.05, 3.63) is 0 Å². The summed E-state index contributed by atoms with van der Waals surface area (Å²) in [6.07, 6.45) is 7.98. The second-order valence-electron chi connectivity index (χ2n) is 5.05. The van der Waals surface area contributed by atoms with Crippen molar-refractivity contribution in [2.75, 3.05) is 13.2 Å². The van der Waals surface area contributed by atoms with Crippen LogP contribution >= 0.6 is 0 Å². The van der Waals surface area contributed by atoms with Gasteiger partial charge < -0.3 is 10.1 Å². The van der Waals surface area contributed by atoms with Gasteiger partial charge in [-0.2, -0.15) is 0 Å². The molecule has 17 heavy (non-hydrogen) atoms. The number of nitrogens with one attached hydrogen (secondary N) is 1. The Morgan fingerprint density at radius 1 is 1.41 bits per heavy atom. The van der Waals surface area contributed by atoms with Gasteiger partial charge in [0.05, 0.1) is 6.61 Å². The SMILES string of the molecule is CCCCC(CC)COC(=O)[C@H]1CCCCN1. The van der Waals surface area contributed by atoms with Crippen molar-refractivity contribution in [2.45, 2.75) is 64.8 Å². The molecule has 0 amide bonds. The Balaban J connectivity index is 2.20. The minimum Gasteiger partial charge on any atom is -0.464 e. The fourth-order valence-corrected chi connectivity index (χ4v) is 2.25. The fourth-order valence-electron chi connectivity index (χ4n) is 2.25. The zero-order valence-electron chi connectivity index (χ0n) is 11.3. The number of hydrogen-bond acceptors (Lipinski definition) is 3. The summed E-state index contributed by atoms with van der Waals surface area (Å²) >= 11 is 0. The standard InChI is InChI=1S/C14H27NO2/c1-3-5-8-12(4-2)11-17-14(16)13-9-6-7-10-15-13/h12-13,15H,3-11H2,1-2H3/t12?,13-/m1/s1. The number of unbranched alkanes of at least 4 members (excludes halogenated alkanes) is 1. The van der Waals surface area contributed by atoms with E-state index < -0.39 is 0 Å². The van der Waals surface area contributed by atoms with E-state index in [9.17, 15) is 4.79 Å². The Labute approximate surface area is 105 Å². The topological polar surface area (TPSA) is 38.3 Å². The second-order valence-corrected chi connectivity index (χ2v) is 5.05. The first-order valence-corrected chi connectivity index (χ1v) is 7.18. The summed E-state index contributed by atoms with van der Waals surface area (Å²) in [5.41, 5.74) is 0. The van der Waals surface area contributed by atoms with Gasteiger partial charge in [-0.3, -0.25) is 4.79 Å². The maximum Gasteiger partial charge on any atom is 0.323 e. The number of carbonyl (C=O) groups is 1. The first-order chi connectivity index (χ1) is 8.27. The van der Waals surface area contributed by atoms with Crippen LogP contribution in [0.15, 0.2) is 0 Å². The number of rotatable bonds is 7. The molecule has 1 unspecified atom stereocenters. The molecule has 2 atom stereocenters. The molecule has 1 rings (SSSR count). The van der Waals surface area contributed by atoms with Crippen LogP contribution in [0.1, 0.15) is 58.8 Å². The van der Waals surface area contributed by atoms with Crippen molar-refractivity contribution < 1.29 is 9.53 Å². The highest BCUT2D eigenvalue weighted by atomic mass is 16.5. The van der Waals surface area contributed by atoms with E-state index in [1.165, 1.54) is 25.7 Å². The van der Waals surface area contributed by atoms with Crippen LogP contribution in [-0.2, 0) is 9.53 Å². The van der Waals surface area contributed by atoms with Crippen LogP contribution in [0, 0.1) is 5.92 Å². The van der Waals surface area contributed by atoms with Gasteiger partial charge in [0.1, 0.15) is 6.04 Å². The number of piperidine rings is 1. The van der Waals surface area contributed by atoms with Crippen LogP contribution < -0.4 is 5.32 Å². The highest BCUT2D eigenvalue weighted by Gasteiger charge is 2.22. The third-order valence-corrected chi connectivity index (χ3v) is 3.60. The molecule has 1 N–H and O–H groups in total. The largest absolute Gasteiger partial charge is 0.464 e. The minimum atomic E-state index is -0.0487. The van der Waals surface area contributed by atoms with Gasteiger partial charge in [0.25, 0.3) is 0 Å². The summed E-state index contributed by atoms with van der Waals surface area (Å²) in [6.45, 7) is 5.93. The lowest BCUT2D eigenvalue weighted by Gasteiger charge is -2.23. The minimum absolute atomic E-state index is 0.0420. The summed E-state index contributed by atoms with van der Waals surface area (Å²) in [7, 11) is 0. The molecule has 1 aliphatic rings. The van der Waals surface area contributed by atoms with Gasteiger partial charge in [-0.1, -0.05) is 39.5 Å². The molecule has 1 saturated heterocycles. The van der Waals surface area contributed by atoms with Gasteiger partial charge in [-0.25, -0.2) is 0 Å². The maximum atomic E-state index is 11.8. The zero-order valence-corrected chi connectivity index (χ0v) is 11.3. The molecule has 0 aromatic rings. The first kappa shape index (κ1) is 14.5. The fraction of sp³-hybridized carbons (Fsp3) is 0.929. The molecule has 0 aliphatic carbocycles. The highest BCUT2D eigenvalue weighted by Crippen LogP contribution is 2.14. The van der Waals surface area contributed by atoms with E-state index in [4.69, 9.17) is 4.74 Å². The molecule has 1 aliphatic heterocycles. The second kappa shape index (κ2) is 8.51. The maximum absolute atomic E-state index is 11.8. The summed E-state index contributed by atoms with van der Waals surface area (Å²) in [6, 6.07) is -0.0487. The average Bonchev–Trinajstić information content (AvgIpc) is 2.39. The first-order valence-electron chi connectivity index (χ1n) is 7.18. The van der Waals surface area contributed by atoms with Crippen LogP contribution in [0.25, 0.3) is 0 Å². The summed E-state index contributed by atoms with van der Waals surface area (Å²) in [4.78, 5) is 11.8. The third-order valence-electron chi connectivity index (χ3n) is 3.60. The monoisotopic (exact) mass is 241 g/mol. The van der Waals surface area contributed by atoms with Crippen LogP contribution in [0.4, 0.5) is 0 Å². The Morgan fingerprint density at radius 3 is 2.82 bits per heavy atom. The zero-order chi connectivity index (χ0) is 12.5. The molecule has 0 spiro atoms. The molecule has 0 saturated carbocycles. The molecule has 0 bridgehead atoms. The molecule has 100 valence electrons. The molecular weight excluding hydrogens is 214 g/mol. The normalized spacial score (nSPS) is 22.1. The van der Waals surface area contributed by atoms with Crippen molar-refractivity contribution in [2.24, 2.45) is 5.92 Å². The Kier molecular flexibility index (Phi) is 7.25. The highest BCUT2D eigenvalue weighted by molar-refractivity contribution is 5.75. The Bertz CT molecular complexity index is 212. The predicted octanol–water partition coefficient (Wildman–Crippen LogP) is 2.89. The van der Waals surface area contributed by atoms with Gasteiger partial charge in [0, 0.05) is 0 Å². The van der Waals surface area contributed by atoms with E-state index in [2.05, 4.69) is 19.2 Å². The van der Waals surface area contributed by atoms with E-state index in [0.29, 0.717) is 12.5 Å². The lowest BCUT2D eigenvalue weighted by molar-refractivity contribution is -0.148. The van der Waals surface area contributed by atoms with Crippen molar-refractivity contribution in [1.29, 1.82) is 0 Å². The molecule has 0 aromatic heterocycles. The van der Waals surface area contributed by atoms with Gasteiger partial charge in [0.2, 0.25) is 0 Å². The molecule has 3 nitrogen and oxygen atoms in total. The molecule has 0 radical (unpaired) electrons. The van der Waals surface area contributed by atoms with E-state index in [1.807, 2.05) is 0 Å².